The van der Waals surface area contributed by atoms with Gasteiger partial charge in [0.05, 0.1) is 43.2 Å². The number of ether oxygens (including phenoxy) is 2. The molecule has 0 saturated heterocycles. The number of para-hydroxylation sites is 4. The molecule has 0 bridgehead atoms. The molecule has 4 heterocycles. The Morgan fingerprint density at radius 1 is 0.500 bits per heavy atom. The van der Waals surface area contributed by atoms with Gasteiger partial charge in [0.15, 0.2) is 23.0 Å². The van der Waals surface area contributed by atoms with Crippen LogP contribution < -0.4 is 19.3 Å². The number of rotatable bonds is 8. The van der Waals surface area contributed by atoms with Crippen molar-refractivity contribution in [2.24, 2.45) is 0 Å². The van der Waals surface area contributed by atoms with E-state index in [0.29, 0.717) is 11.5 Å². The highest BCUT2D eigenvalue weighted by molar-refractivity contribution is 7.23. The van der Waals surface area contributed by atoms with Crippen LogP contribution >= 0.6 is 22.7 Å². The van der Waals surface area contributed by atoms with Crippen molar-refractivity contribution in [3.05, 3.63) is 183 Å². The number of benzene rings is 5. The minimum atomic E-state index is 0.665. The van der Waals surface area contributed by atoms with E-state index in [2.05, 4.69) is 96.8 Å². The van der Waals surface area contributed by atoms with Crippen LogP contribution in [-0.2, 0) is 0 Å². The predicted molar refractivity (Wildman–Crippen MR) is 217 cm³/mol. The molecule has 250 valence electrons. The van der Waals surface area contributed by atoms with Crippen LogP contribution in [0.25, 0.3) is 41.6 Å². The average Bonchev–Trinajstić information content (AvgIpc) is 3.81. The highest BCUT2D eigenvalue weighted by Crippen LogP contribution is 2.45. The number of aromatic nitrogens is 2. The Labute approximate surface area is 309 Å². The SMILES string of the molecule is C=CC1=C(C=C)N(c2ccc(-c3nc4cc5sc(-c6ccc(N7C(C=C)=C(C=C)Oc8ccccc87)cc6)nc5cc4s3)cc2)c2ccccc2O1. The number of allylic oxidation sites excluding steroid dienone is 4. The minimum Gasteiger partial charge on any atom is -0.453 e. The number of nitrogens with zero attached hydrogens (tertiary/aromatic N) is 4. The zero-order valence-corrected chi connectivity index (χ0v) is 29.6. The third kappa shape index (κ3) is 5.16. The fourth-order valence-corrected chi connectivity index (χ4v) is 8.58. The van der Waals surface area contributed by atoms with Crippen molar-refractivity contribution in [2.75, 3.05) is 9.80 Å². The summed E-state index contributed by atoms with van der Waals surface area (Å²) < 4.78 is 14.4. The van der Waals surface area contributed by atoms with Crippen molar-refractivity contribution in [3.8, 4) is 32.6 Å². The fourth-order valence-electron chi connectivity index (χ4n) is 6.61. The van der Waals surface area contributed by atoms with Gasteiger partial charge in [-0.1, -0.05) is 50.6 Å². The van der Waals surface area contributed by atoms with Gasteiger partial charge in [0.1, 0.15) is 10.0 Å². The van der Waals surface area contributed by atoms with Gasteiger partial charge in [-0.05, 0) is 109 Å². The summed E-state index contributed by atoms with van der Waals surface area (Å²) in [7, 11) is 0. The molecule has 7 aromatic rings. The van der Waals surface area contributed by atoms with Gasteiger partial charge in [-0.2, -0.15) is 0 Å². The van der Waals surface area contributed by atoms with Gasteiger partial charge < -0.3 is 19.3 Å². The normalized spacial score (nSPS) is 13.8. The quantitative estimate of drug-likeness (QED) is 0.156. The summed E-state index contributed by atoms with van der Waals surface area (Å²) in [5.41, 5.74) is 9.59. The highest BCUT2D eigenvalue weighted by atomic mass is 32.1. The second-order valence-electron chi connectivity index (χ2n) is 12.0. The smallest absolute Gasteiger partial charge is 0.151 e. The van der Waals surface area contributed by atoms with E-state index in [1.807, 2.05) is 48.5 Å². The van der Waals surface area contributed by atoms with Crippen molar-refractivity contribution < 1.29 is 9.47 Å². The maximum absolute atomic E-state index is 6.10. The third-order valence-corrected chi connectivity index (χ3v) is 11.2. The molecule has 0 amide bonds. The molecule has 6 nitrogen and oxygen atoms in total. The van der Waals surface area contributed by atoms with E-state index in [1.165, 1.54) is 0 Å². The molecule has 0 unspecified atom stereocenters. The van der Waals surface area contributed by atoms with E-state index in [4.69, 9.17) is 19.4 Å². The number of thiazole rings is 2. The zero-order chi connectivity index (χ0) is 35.3. The number of hydrogen-bond donors (Lipinski definition) is 0. The van der Waals surface area contributed by atoms with Crippen LogP contribution in [0.1, 0.15) is 0 Å². The first kappa shape index (κ1) is 31.5. The Hall–Kier alpha value is -6.48. The number of fused-ring (bicyclic) bond motifs is 4. The van der Waals surface area contributed by atoms with Crippen molar-refractivity contribution >= 4 is 65.9 Å². The topological polar surface area (TPSA) is 50.7 Å². The fraction of sp³-hybridized carbons (Fsp3) is 0. The molecule has 0 radical (unpaired) electrons. The second-order valence-corrected chi connectivity index (χ2v) is 14.1. The van der Waals surface area contributed by atoms with Crippen LogP contribution in [0.2, 0.25) is 0 Å². The average molecular weight is 711 g/mol. The first-order valence-corrected chi connectivity index (χ1v) is 18.2. The third-order valence-electron chi connectivity index (χ3n) is 9.04. The van der Waals surface area contributed by atoms with Crippen molar-refractivity contribution in [1.82, 2.24) is 9.97 Å². The molecule has 2 aromatic heterocycles. The van der Waals surface area contributed by atoms with Gasteiger partial charge in [0.2, 0.25) is 0 Å². The van der Waals surface area contributed by atoms with E-state index in [-0.39, 0.29) is 0 Å². The van der Waals surface area contributed by atoms with Crippen molar-refractivity contribution in [3.63, 3.8) is 0 Å². The lowest BCUT2D eigenvalue weighted by atomic mass is 10.1. The summed E-state index contributed by atoms with van der Waals surface area (Å²) in [6.45, 7) is 16.0. The summed E-state index contributed by atoms with van der Waals surface area (Å²) in [6.07, 6.45) is 7.04. The van der Waals surface area contributed by atoms with Gasteiger partial charge in [-0.25, -0.2) is 9.97 Å². The minimum absolute atomic E-state index is 0.665. The van der Waals surface area contributed by atoms with Crippen LogP contribution in [0.3, 0.4) is 0 Å². The molecular weight excluding hydrogens is 681 g/mol. The van der Waals surface area contributed by atoms with E-state index in [0.717, 1.165) is 87.2 Å². The van der Waals surface area contributed by atoms with E-state index >= 15 is 0 Å². The van der Waals surface area contributed by atoms with Crippen molar-refractivity contribution in [2.45, 2.75) is 0 Å². The maximum Gasteiger partial charge on any atom is 0.151 e. The predicted octanol–water partition coefficient (Wildman–Crippen LogP) is 12.5. The Morgan fingerprint density at radius 3 is 1.29 bits per heavy atom. The Morgan fingerprint density at radius 2 is 0.904 bits per heavy atom. The van der Waals surface area contributed by atoms with Gasteiger partial charge >= 0.3 is 0 Å². The summed E-state index contributed by atoms with van der Waals surface area (Å²) in [4.78, 5) is 14.4. The Kier molecular flexibility index (Phi) is 7.69. The molecule has 9 rings (SSSR count). The summed E-state index contributed by atoms with van der Waals surface area (Å²) in [5.74, 6) is 2.87. The second kappa shape index (κ2) is 12.7. The van der Waals surface area contributed by atoms with Gasteiger partial charge in [-0.15, -0.1) is 22.7 Å². The van der Waals surface area contributed by atoms with Crippen LogP contribution in [0.15, 0.2) is 183 Å². The van der Waals surface area contributed by atoms with Crippen LogP contribution in [0, 0.1) is 0 Å². The molecule has 52 heavy (non-hydrogen) atoms. The first-order chi connectivity index (χ1) is 25.6. The van der Waals surface area contributed by atoms with Crippen molar-refractivity contribution in [1.29, 1.82) is 0 Å². The lowest BCUT2D eigenvalue weighted by molar-refractivity contribution is 0.431. The zero-order valence-electron chi connectivity index (χ0n) is 28.0. The van der Waals surface area contributed by atoms with E-state index < -0.39 is 0 Å². The molecule has 8 heteroatoms. The number of hydrogen-bond acceptors (Lipinski definition) is 8. The largest absolute Gasteiger partial charge is 0.453 e. The summed E-state index contributed by atoms with van der Waals surface area (Å²) >= 11 is 3.34. The molecule has 0 spiro atoms. The molecule has 2 aliphatic rings. The monoisotopic (exact) mass is 710 g/mol. The summed E-state index contributed by atoms with van der Waals surface area (Å²) in [5, 5.41) is 1.92. The number of anilines is 4. The molecule has 0 fully saturated rings. The summed E-state index contributed by atoms with van der Waals surface area (Å²) in [6, 6.07) is 37.1. The molecular formula is C44H30N4O2S2. The van der Waals surface area contributed by atoms with Crippen LogP contribution in [0.5, 0.6) is 11.5 Å². The molecule has 0 aliphatic carbocycles. The van der Waals surface area contributed by atoms with Crippen LogP contribution in [0.4, 0.5) is 22.7 Å². The molecule has 2 aliphatic heterocycles. The Bertz CT molecular complexity index is 2430. The molecule has 0 N–H and O–H groups in total. The first-order valence-electron chi connectivity index (χ1n) is 16.6. The van der Waals surface area contributed by atoms with Crippen LogP contribution in [-0.4, -0.2) is 9.97 Å². The van der Waals surface area contributed by atoms with Gasteiger partial charge in [0.25, 0.3) is 0 Å². The molecule has 5 aromatic carbocycles. The van der Waals surface area contributed by atoms with Gasteiger partial charge in [0, 0.05) is 22.5 Å². The Balaban J connectivity index is 1.000. The van der Waals surface area contributed by atoms with E-state index in [9.17, 15) is 0 Å². The molecule has 0 saturated carbocycles. The molecule has 0 atom stereocenters. The maximum atomic E-state index is 6.10. The van der Waals surface area contributed by atoms with Gasteiger partial charge in [-0.3, -0.25) is 0 Å². The van der Waals surface area contributed by atoms with E-state index in [1.54, 1.807) is 47.0 Å². The lowest BCUT2D eigenvalue weighted by Crippen LogP contribution is -2.22. The lowest BCUT2D eigenvalue weighted by Gasteiger charge is -2.33. The standard InChI is InChI=1S/C44H30N4O2S2/c1-5-33-37(7-3)49-39-15-11-9-13-35(39)47(33)29-21-17-27(18-22-29)43-45-31-25-42-32(26-41(31)51-43)46-44(52-42)28-19-23-30(24-20-28)48-34(6-2)38(8-4)50-40-16-12-10-14-36(40)48/h5-26H,1-4H2. The highest BCUT2D eigenvalue weighted by Gasteiger charge is 2.27.